The Morgan fingerprint density at radius 1 is 1.13 bits per heavy atom. The Bertz CT molecular complexity index is 902. The Kier molecular flexibility index (Phi) is 4.12. The Morgan fingerprint density at radius 3 is 2.57 bits per heavy atom. The molecule has 5 heteroatoms. The van der Waals surface area contributed by atoms with Gasteiger partial charge in [0.25, 0.3) is 5.56 Å². The number of para-hydroxylation sites is 3. The molecule has 2 aromatic carbocycles. The predicted molar refractivity (Wildman–Crippen MR) is 90.2 cm³/mol. The van der Waals surface area contributed by atoms with Gasteiger partial charge in [-0.25, -0.2) is 4.98 Å². The smallest absolute Gasteiger partial charge is 0.266 e. The average molecular weight is 310 g/mol. The standard InChI is InChI=1S/C18H19N3O2/c1-12(19-2)17-20-14-9-5-4-8-13(14)18(22)21(17)15-10-6-7-11-16(15)23-3/h4-12,19H,1-3H3/p+1/t12-/m0/s1. The molecule has 0 aliphatic rings. The van der Waals surface area contributed by atoms with Gasteiger partial charge >= 0.3 is 0 Å². The Balaban J connectivity index is 2.42. The van der Waals surface area contributed by atoms with Crippen LogP contribution in [0.5, 0.6) is 5.75 Å². The van der Waals surface area contributed by atoms with E-state index in [9.17, 15) is 4.79 Å². The van der Waals surface area contributed by atoms with E-state index in [1.807, 2.05) is 61.8 Å². The highest BCUT2D eigenvalue weighted by Crippen LogP contribution is 2.24. The fourth-order valence-corrected chi connectivity index (χ4v) is 2.65. The minimum Gasteiger partial charge on any atom is -0.495 e. The summed E-state index contributed by atoms with van der Waals surface area (Å²) in [6.07, 6.45) is 0. The van der Waals surface area contributed by atoms with Gasteiger partial charge in [-0.05, 0) is 31.2 Å². The number of aromatic nitrogens is 2. The molecule has 1 aromatic heterocycles. The molecule has 0 saturated carbocycles. The minimum atomic E-state index is -0.0798. The maximum atomic E-state index is 13.1. The molecule has 1 heterocycles. The van der Waals surface area contributed by atoms with Crippen LogP contribution in [0, 0.1) is 0 Å². The van der Waals surface area contributed by atoms with Gasteiger partial charge in [0.05, 0.1) is 30.7 Å². The lowest BCUT2D eigenvalue weighted by atomic mass is 10.2. The fourth-order valence-electron chi connectivity index (χ4n) is 2.65. The Hall–Kier alpha value is -2.66. The van der Waals surface area contributed by atoms with Crippen molar-refractivity contribution in [2.45, 2.75) is 13.0 Å². The van der Waals surface area contributed by atoms with Gasteiger partial charge in [0, 0.05) is 0 Å². The topological polar surface area (TPSA) is 60.7 Å². The summed E-state index contributed by atoms with van der Waals surface area (Å²) in [7, 11) is 3.58. The lowest BCUT2D eigenvalue weighted by Gasteiger charge is -2.18. The largest absolute Gasteiger partial charge is 0.495 e. The third-order valence-electron chi connectivity index (χ3n) is 4.03. The molecule has 0 spiro atoms. The number of hydrogen-bond donors (Lipinski definition) is 1. The number of rotatable bonds is 4. The van der Waals surface area contributed by atoms with E-state index in [2.05, 4.69) is 0 Å². The third-order valence-corrected chi connectivity index (χ3v) is 4.03. The lowest BCUT2D eigenvalue weighted by Crippen LogP contribution is -2.80. The second-order valence-electron chi connectivity index (χ2n) is 5.42. The van der Waals surface area contributed by atoms with Gasteiger partial charge in [-0.15, -0.1) is 0 Å². The van der Waals surface area contributed by atoms with Gasteiger partial charge in [-0.2, -0.15) is 0 Å². The van der Waals surface area contributed by atoms with Crippen molar-refractivity contribution >= 4 is 10.9 Å². The van der Waals surface area contributed by atoms with Crippen molar-refractivity contribution in [3.8, 4) is 11.4 Å². The molecule has 3 rings (SSSR count). The lowest BCUT2D eigenvalue weighted by molar-refractivity contribution is -0.668. The molecule has 0 radical (unpaired) electrons. The van der Waals surface area contributed by atoms with E-state index >= 15 is 0 Å². The number of hydrogen-bond acceptors (Lipinski definition) is 3. The average Bonchev–Trinajstić information content (AvgIpc) is 2.61. The van der Waals surface area contributed by atoms with Crippen LogP contribution in [0.4, 0.5) is 0 Å². The van der Waals surface area contributed by atoms with Crippen LogP contribution < -0.4 is 15.6 Å². The number of nitrogens with two attached hydrogens (primary N) is 1. The number of quaternary nitrogens is 1. The molecule has 0 bridgehead atoms. The summed E-state index contributed by atoms with van der Waals surface area (Å²) < 4.78 is 7.10. The molecule has 3 aromatic rings. The second kappa shape index (κ2) is 6.22. The maximum absolute atomic E-state index is 13.1. The molecule has 23 heavy (non-hydrogen) atoms. The molecular formula is C18H20N3O2+. The molecule has 0 fully saturated rings. The highest BCUT2D eigenvalue weighted by atomic mass is 16.5. The van der Waals surface area contributed by atoms with E-state index < -0.39 is 0 Å². The van der Waals surface area contributed by atoms with E-state index in [0.29, 0.717) is 28.2 Å². The Labute approximate surface area is 134 Å². The van der Waals surface area contributed by atoms with Crippen LogP contribution in [0.15, 0.2) is 53.3 Å². The summed E-state index contributed by atoms with van der Waals surface area (Å²) in [5.41, 5.74) is 1.35. The zero-order valence-corrected chi connectivity index (χ0v) is 13.5. The number of benzene rings is 2. The molecule has 118 valence electrons. The van der Waals surface area contributed by atoms with E-state index in [4.69, 9.17) is 9.72 Å². The summed E-state index contributed by atoms with van der Waals surface area (Å²) in [5, 5.41) is 2.63. The number of ether oxygens (including phenoxy) is 1. The van der Waals surface area contributed by atoms with Crippen LogP contribution in [0.2, 0.25) is 0 Å². The molecule has 1 atom stereocenters. The maximum Gasteiger partial charge on any atom is 0.266 e. The van der Waals surface area contributed by atoms with Crippen LogP contribution in [-0.2, 0) is 0 Å². The molecular weight excluding hydrogens is 290 g/mol. The van der Waals surface area contributed by atoms with Crippen LogP contribution in [0.25, 0.3) is 16.6 Å². The van der Waals surface area contributed by atoms with Crippen LogP contribution in [0.1, 0.15) is 18.8 Å². The first-order valence-electron chi connectivity index (χ1n) is 7.62. The van der Waals surface area contributed by atoms with Crippen molar-refractivity contribution in [3.63, 3.8) is 0 Å². The molecule has 5 nitrogen and oxygen atoms in total. The van der Waals surface area contributed by atoms with Gasteiger partial charge in [0.15, 0.2) is 5.82 Å². The summed E-state index contributed by atoms with van der Waals surface area (Å²) in [4.78, 5) is 17.8. The van der Waals surface area contributed by atoms with E-state index in [-0.39, 0.29) is 11.6 Å². The zero-order chi connectivity index (χ0) is 16.4. The van der Waals surface area contributed by atoms with Crippen molar-refractivity contribution in [2.75, 3.05) is 14.2 Å². The Morgan fingerprint density at radius 2 is 1.83 bits per heavy atom. The van der Waals surface area contributed by atoms with Gasteiger partial charge in [-0.1, -0.05) is 24.3 Å². The molecule has 0 aliphatic carbocycles. The monoisotopic (exact) mass is 310 g/mol. The highest BCUT2D eigenvalue weighted by Gasteiger charge is 2.20. The van der Waals surface area contributed by atoms with E-state index in [1.165, 1.54) is 0 Å². The minimum absolute atomic E-state index is 0.0391. The van der Waals surface area contributed by atoms with Crippen LogP contribution >= 0.6 is 0 Å². The van der Waals surface area contributed by atoms with Crippen LogP contribution in [0.3, 0.4) is 0 Å². The SMILES string of the molecule is C[NH2+][C@@H](C)c1nc2ccccc2c(=O)n1-c1ccccc1OC. The first kappa shape index (κ1) is 15.2. The normalized spacial score (nSPS) is 12.3. The number of methoxy groups -OCH3 is 1. The number of nitrogens with zero attached hydrogens (tertiary/aromatic N) is 2. The van der Waals surface area contributed by atoms with Crippen molar-refractivity contribution in [3.05, 3.63) is 64.7 Å². The van der Waals surface area contributed by atoms with E-state index in [1.54, 1.807) is 17.7 Å². The van der Waals surface area contributed by atoms with Crippen molar-refractivity contribution < 1.29 is 10.1 Å². The molecule has 0 unspecified atom stereocenters. The fraction of sp³-hybridized carbons (Fsp3) is 0.222. The van der Waals surface area contributed by atoms with E-state index in [0.717, 1.165) is 0 Å². The summed E-state index contributed by atoms with van der Waals surface area (Å²) in [5.74, 6) is 1.36. The highest BCUT2D eigenvalue weighted by molar-refractivity contribution is 5.78. The van der Waals surface area contributed by atoms with Crippen molar-refractivity contribution in [2.24, 2.45) is 0 Å². The molecule has 2 N–H and O–H groups in total. The van der Waals surface area contributed by atoms with Crippen LogP contribution in [-0.4, -0.2) is 23.7 Å². The third kappa shape index (κ3) is 2.59. The summed E-state index contributed by atoms with van der Waals surface area (Å²) in [6, 6.07) is 15.0. The summed E-state index contributed by atoms with van der Waals surface area (Å²) in [6.45, 7) is 2.03. The van der Waals surface area contributed by atoms with Gasteiger partial charge in [0.1, 0.15) is 11.8 Å². The molecule has 0 aliphatic heterocycles. The van der Waals surface area contributed by atoms with Gasteiger partial charge in [0.2, 0.25) is 0 Å². The number of fused-ring (bicyclic) bond motifs is 1. The predicted octanol–water partition coefficient (Wildman–Crippen LogP) is 1.65. The van der Waals surface area contributed by atoms with Gasteiger partial charge < -0.3 is 10.1 Å². The van der Waals surface area contributed by atoms with Crippen molar-refractivity contribution in [1.29, 1.82) is 0 Å². The molecule has 0 saturated heterocycles. The first-order valence-corrected chi connectivity index (χ1v) is 7.62. The quantitative estimate of drug-likeness (QED) is 0.797. The van der Waals surface area contributed by atoms with Gasteiger partial charge in [-0.3, -0.25) is 9.36 Å². The van der Waals surface area contributed by atoms with Crippen molar-refractivity contribution in [1.82, 2.24) is 9.55 Å². The molecule has 0 amide bonds. The zero-order valence-electron chi connectivity index (χ0n) is 13.5. The summed E-state index contributed by atoms with van der Waals surface area (Å²) >= 11 is 0. The first-order chi connectivity index (χ1) is 11.2. The second-order valence-corrected chi connectivity index (χ2v) is 5.42.